The van der Waals surface area contributed by atoms with Crippen LogP contribution in [0.1, 0.15) is 36.7 Å². The molecule has 1 atom stereocenters. The highest BCUT2D eigenvalue weighted by molar-refractivity contribution is 5.89. The number of hydrogen-bond acceptors (Lipinski definition) is 3. The number of hydrogen-bond donors (Lipinski definition) is 2. The van der Waals surface area contributed by atoms with Gasteiger partial charge < -0.3 is 15.4 Å². The third-order valence-corrected chi connectivity index (χ3v) is 3.60. The van der Waals surface area contributed by atoms with Crippen molar-refractivity contribution in [2.45, 2.75) is 33.7 Å². The summed E-state index contributed by atoms with van der Waals surface area (Å²) in [6, 6.07) is 5.22. The van der Waals surface area contributed by atoms with E-state index in [0.29, 0.717) is 6.61 Å². The van der Waals surface area contributed by atoms with Gasteiger partial charge in [-0.15, -0.1) is 0 Å². The molecular formula is C17H24N4O2. The number of aryl methyl sites for hydroxylation is 3. The quantitative estimate of drug-likeness (QED) is 0.889. The zero-order valence-electron chi connectivity index (χ0n) is 14.3. The Morgan fingerprint density at radius 2 is 2.13 bits per heavy atom. The lowest BCUT2D eigenvalue weighted by atomic mass is 10.1. The molecule has 0 saturated heterocycles. The molecule has 0 aliphatic carbocycles. The Balaban J connectivity index is 1.99. The molecule has 1 aromatic heterocycles. The van der Waals surface area contributed by atoms with Crippen molar-refractivity contribution in [3.63, 3.8) is 0 Å². The van der Waals surface area contributed by atoms with Crippen LogP contribution < -0.4 is 15.4 Å². The maximum atomic E-state index is 12.2. The molecule has 2 N–H and O–H groups in total. The van der Waals surface area contributed by atoms with Crippen LogP contribution in [0.4, 0.5) is 10.5 Å². The normalized spacial score (nSPS) is 11.9. The number of urea groups is 1. The Bertz CT molecular complexity index is 694. The molecule has 2 rings (SSSR count). The standard InChI is InChI=1S/C17H24N4O2/c1-6-23-16-8-7-14(9-11(16)2)19-17(22)18-12(3)15-10-21(5)20-13(15)4/h7-10,12H,6H2,1-5H3,(H2,18,19,22)/t12-/m0/s1. The van der Waals surface area contributed by atoms with E-state index in [4.69, 9.17) is 4.74 Å². The van der Waals surface area contributed by atoms with Gasteiger partial charge in [0.2, 0.25) is 0 Å². The van der Waals surface area contributed by atoms with Crippen LogP contribution >= 0.6 is 0 Å². The monoisotopic (exact) mass is 316 g/mol. The average Bonchev–Trinajstić information content (AvgIpc) is 2.81. The van der Waals surface area contributed by atoms with Crippen LogP contribution in [0.2, 0.25) is 0 Å². The molecule has 2 amide bonds. The fraction of sp³-hybridized carbons (Fsp3) is 0.412. The van der Waals surface area contributed by atoms with E-state index in [1.54, 1.807) is 4.68 Å². The Morgan fingerprint density at radius 1 is 1.39 bits per heavy atom. The number of ether oxygens (including phenoxy) is 1. The summed E-state index contributed by atoms with van der Waals surface area (Å²) in [5.41, 5.74) is 3.64. The second-order valence-corrected chi connectivity index (χ2v) is 5.58. The average molecular weight is 316 g/mol. The lowest BCUT2D eigenvalue weighted by Gasteiger charge is -2.15. The van der Waals surface area contributed by atoms with E-state index >= 15 is 0 Å². The molecule has 1 heterocycles. The number of benzene rings is 1. The zero-order valence-corrected chi connectivity index (χ0v) is 14.3. The molecular weight excluding hydrogens is 292 g/mol. The molecule has 124 valence electrons. The summed E-state index contributed by atoms with van der Waals surface area (Å²) in [6.07, 6.45) is 1.92. The summed E-state index contributed by atoms with van der Waals surface area (Å²) >= 11 is 0. The number of nitrogens with one attached hydrogen (secondary N) is 2. The summed E-state index contributed by atoms with van der Waals surface area (Å²) in [4.78, 5) is 12.2. The van der Waals surface area contributed by atoms with E-state index < -0.39 is 0 Å². The Labute approximate surface area is 136 Å². The van der Waals surface area contributed by atoms with Crippen LogP contribution in [0, 0.1) is 13.8 Å². The van der Waals surface area contributed by atoms with Crippen molar-refractivity contribution < 1.29 is 9.53 Å². The lowest BCUT2D eigenvalue weighted by molar-refractivity contribution is 0.249. The maximum Gasteiger partial charge on any atom is 0.319 e. The SMILES string of the molecule is CCOc1ccc(NC(=O)N[C@@H](C)c2cn(C)nc2C)cc1C. The minimum absolute atomic E-state index is 0.118. The second-order valence-electron chi connectivity index (χ2n) is 5.58. The van der Waals surface area contributed by atoms with Crippen LogP contribution in [0.15, 0.2) is 24.4 Å². The predicted molar refractivity (Wildman–Crippen MR) is 90.9 cm³/mol. The van der Waals surface area contributed by atoms with Crippen molar-refractivity contribution in [3.05, 3.63) is 41.2 Å². The molecule has 0 aliphatic rings. The first kappa shape index (κ1) is 16.9. The molecule has 6 nitrogen and oxygen atoms in total. The first-order valence-electron chi connectivity index (χ1n) is 7.71. The highest BCUT2D eigenvalue weighted by atomic mass is 16.5. The third kappa shape index (κ3) is 4.25. The third-order valence-electron chi connectivity index (χ3n) is 3.60. The van der Waals surface area contributed by atoms with Gasteiger partial charge in [0.1, 0.15) is 5.75 Å². The number of aromatic nitrogens is 2. The van der Waals surface area contributed by atoms with Gasteiger partial charge in [0, 0.05) is 24.5 Å². The zero-order chi connectivity index (χ0) is 17.0. The molecule has 0 aliphatic heterocycles. The minimum Gasteiger partial charge on any atom is -0.494 e. The van der Waals surface area contributed by atoms with Crippen molar-refractivity contribution in [1.82, 2.24) is 15.1 Å². The Kier molecular flexibility index (Phi) is 5.26. The second kappa shape index (κ2) is 7.17. The van der Waals surface area contributed by atoms with Gasteiger partial charge in [0.05, 0.1) is 18.3 Å². The molecule has 0 unspecified atom stereocenters. The Morgan fingerprint density at radius 3 is 2.70 bits per heavy atom. The van der Waals surface area contributed by atoms with Crippen LogP contribution in [0.25, 0.3) is 0 Å². The Hall–Kier alpha value is -2.50. The molecule has 1 aromatic carbocycles. The van der Waals surface area contributed by atoms with Crippen LogP contribution in [0.3, 0.4) is 0 Å². The molecule has 23 heavy (non-hydrogen) atoms. The summed E-state index contributed by atoms with van der Waals surface area (Å²) in [7, 11) is 1.87. The lowest BCUT2D eigenvalue weighted by Crippen LogP contribution is -2.31. The molecule has 6 heteroatoms. The van der Waals surface area contributed by atoms with Gasteiger partial charge in [-0.3, -0.25) is 4.68 Å². The number of anilines is 1. The summed E-state index contributed by atoms with van der Waals surface area (Å²) in [6.45, 7) is 8.39. The molecule has 0 radical (unpaired) electrons. The van der Waals surface area contributed by atoms with Crippen molar-refractivity contribution in [1.29, 1.82) is 0 Å². The first-order chi connectivity index (χ1) is 10.9. The van der Waals surface area contributed by atoms with E-state index in [2.05, 4.69) is 15.7 Å². The molecule has 0 spiro atoms. The fourth-order valence-corrected chi connectivity index (χ4v) is 2.53. The highest BCUT2D eigenvalue weighted by Crippen LogP contribution is 2.22. The molecule has 2 aromatic rings. The minimum atomic E-state index is -0.246. The van der Waals surface area contributed by atoms with E-state index in [-0.39, 0.29) is 12.1 Å². The largest absolute Gasteiger partial charge is 0.494 e. The number of rotatable bonds is 5. The first-order valence-corrected chi connectivity index (χ1v) is 7.71. The van der Waals surface area contributed by atoms with Gasteiger partial charge in [0.25, 0.3) is 0 Å². The predicted octanol–water partition coefficient (Wildman–Crippen LogP) is 3.32. The summed E-state index contributed by atoms with van der Waals surface area (Å²) in [5, 5.41) is 10.1. The van der Waals surface area contributed by atoms with Crippen molar-refractivity contribution in [3.8, 4) is 5.75 Å². The molecule has 0 saturated carbocycles. The fourth-order valence-electron chi connectivity index (χ4n) is 2.53. The van der Waals surface area contributed by atoms with Crippen molar-refractivity contribution >= 4 is 11.7 Å². The number of carbonyl (C=O) groups is 1. The van der Waals surface area contributed by atoms with Crippen LogP contribution in [0.5, 0.6) is 5.75 Å². The van der Waals surface area contributed by atoms with Gasteiger partial charge in [-0.05, 0) is 51.5 Å². The van der Waals surface area contributed by atoms with Crippen molar-refractivity contribution in [2.75, 3.05) is 11.9 Å². The molecule has 0 fully saturated rings. The van der Waals surface area contributed by atoms with E-state index in [1.807, 2.05) is 59.1 Å². The van der Waals surface area contributed by atoms with E-state index in [9.17, 15) is 4.79 Å². The smallest absolute Gasteiger partial charge is 0.319 e. The van der Waals surface area contributed by atoms with Gasteiger partial charge >= 0.3 is 6.03 Å². The van der Waals surface area contributed by atoms with Gasteiger partial charge in [0.15, 0.2) is 0 Å². The van der Waals surface area contributed by atoms with E-state index in [1.165, 1.54) is 0 Å². The molecule has 0 bridgehead atoms. The highest BCUT2D eigenvalue weighted by Gasteiger charge is 2.14. The van der Waals surface area contributed by atoms with E-state index in [0.717, 1.165) is 28.3 Å². The maximum absolute atomic E-state index is 12.2. The number of carbonyl (C=O) groups excluding carboxylic acids is 1. The summed E-state index contributed by atoms with van der Waals surface area (Å²) < 4.78 is 7.24. The summed E-state index contributed by atoms with van der Waals surface area (Å²) in [5.74, 6) is 0.831. The number of amides is 2. The number of nitrogens with zero attached hydrogens (tertiary/aromatic N) is 2. The van der Waals surface area contributed by atoms with Crippen molar-refractivity contribution in [2.24, 2.45) is 7.05 Å². The van der Waals surface area contributed by atoms with Gasteiger partial charge in [-0.1, -0.05) is 0 Å². The van der Waals surface area contributed by atoms with Crippen LogP contribution in [-0.2, 0) is 7.05 Å². The van der Waals surface area contributed by atoms with Gasteiger partial charge in [-0.25, -0.2) is 4.79 Å². The topological polar surface area (TPSA) is 68.2 Å². The van der Waals surface area contributed by atoms with Crippen LogP contribution in [-0.4, -0.2) is 22.4 Å². The van der Waals surface area contributed by atoms with Gasteiger partial charge in [-0.2, -0.15) is 5.10 Å².